The van der Waals surface area contributed by atoms with E-state index >= 15 is 0 Å². The van der Waals surface area contributed by atoms with Crippen molar-refractivity contribution in [3.63, 3.8) is 0 Å². The van der Waals surface area contributed by atoms with Crippen LogP contribution in [0.1, 0.15) is 69.6 Å². The highest BCUT2D eigenvalue weighted by Gasteiger charge is 2.34. The fourth-order valence-corrected chi connectivity index (χ4v) is 5.43. The largest absolute Gasteiger partial charge is 0.351 e. The smallest absolute Gasteiger partial charge is 0.267 e. The van der Waals surface area contributed by atoms with Gasteiger partial charge in [0, 0.05) is 12.6 Å². The lowest BCUT2D eigenvalue weighted by atomic mass is 9.94. The molecule has 1 N–H and O–H groups in total. The molecule has 1 aliphatic carbocycles. The van der Waals surface area contributed by atoms with Crippen LogP contribution in [0.2, 0.25) is 0 Å². The van der Waals surface area contributed by atoms with E-state index < -0.39 is 6.04 Å². The highest BCUT2D eigenvalue weighted by Crippen LogP contribution is 2.29. The zero-order chi connectivity index (χ0) is 23.2. The molecule has 0 spiro atoms. The SMILES string of the molecule is Cc1nc(C)c(C(=O)N(Cc2ccccc2)C(C(=O)NC2CCCCC2)c2ccccc2)s1. The van der Waals surface area contributed by atoms with Gasteiger partial charge in [0.15, 0.2) is 0 Å². The Morgan fingerprint density at radius 3 is 2.24 bits per heavy atom. The molecule has 2 aromatic carbocycles. The molecule has 0 radical (unpaired) electrons. The molecule has 0 bridgehead atoms. The Labute approximate surface area is 199 Å². The van der Waals surface area contributed by atoms with Gasteiger partial charge in [-0.25, -0.2) is 4.98 Å². The Morgan fingerprint density at radius 1 is 1.00 bits per heavy atom. The zero-order valence-corrected chi connectivity index (χ0v) is 20.1. The van der Waals surface area contributed by atoms with E-state index in [1.54, 1.807) is 4.90 Å². The lowest BCUT2D eigenvalue weighted by Gasteiger charge is -2.33. The summed E-state index contributed by atoms with van der Waals surface area (Å²) in [5.74, 6) is -0.272. The number of benzene rings is 2. The number of nitrogens with zero attached hydrogens (tertiary/aromatic N) is 2. The Balaban J connectivity index is 1.73. The molecule has 1 saturated carbocycles. The Hall–Kier alpha value is -2.99. The van der Waals surface area contributed by atoms with Crippen molar-refractivity contribution >= 4 is 23.2 Å². The lowest BCUT2D eigenvalue weighted by Crippen LogP contribution is -2.46. The number of hydrogen-bond acceptors (Lipinski definition) is 4. The molecule has 33 heavy (non-hydrogen) atoms. The van der Waals surface area contributed by atoms with Crippen molar-refractivity contribution in [2.75, 3.05) is 0 Å². The van der Waals surface area contributed by atoms with Gasteiger partial charge in [-0.05, 0) is 37.8 Å². The Bertz CT molecular complexity index is 1080. The van der Waals surface area contributed by atoms with E-state index in [9.17, 15) is 9.59 Å². The predicted molar refractivity (Wildman–Crippen MR) is 132 cm³/mol. The molecule has 0 aliphatic heterocycles. The number of amides is 2. The van der Waals surface area contributed by atoms with Crippen molar-refractivity contribution in [3.8, 4) is 0 Å². The van der Waals surface area contributed by atoms with Gasteiger partial charge in [-0.3, -0.25) is 9.59 Å². The van der Waals surface area contributed by atoms with Crippen LogP contribution < -0.4 is 5.32 Å². The van der Waals surface area contributed by atoms with Gasteiger partial charge >= 0.3 is 0 Å². The summed E-state index contributed by atoms with van der Waals surface area (Å²) in [6.45, 7) is 4.10. The van der Waals surface area contributed by atoms with Gasteiger partial charge in [0.05, 0.1) is 10.7 Å². The van der Waals surface area contributed by atoms with Crippen LogP contribution >= 0.6 is 11.3 Å². The van der Waals surface area contributed by atoms with Gasteiger partial charge in [-0.15, -0.1) is 11.3 Å². The van der Waals surface area contributed by atoms with Gasteiger partial charge in [0.1, 0.15) is 10.9 Å². The van der Waals surface area contributed by atoms with E-state index in [1.807, 2.05) is 74.5 Å². The zero-order valence-electron chi connectivity index (χ0n) is 19.3. The number of thiazole rings is 1. The second kappa shape index (κ2) is 10.8. The Morgan fingerprint density at radius 2 is 1.64 bits per heavy atom. The molecular formula is C27H31N3O2S. The first kappa shape index (κ1) is 23.2. The van der Waals surface area contributed by atoms with Crippen molar-refractivity contribution in [1.29, 1.82) is 0 Å². The molecule has 1 fully saturated rings. The van der Waals surface area contributed by atoms with Crippen molar-refractivity contribution < 1.29 is 9.59 Å². The number of aromatic nitrogens is 1. The standard InChI is InChI=1S/C27H31N3O2S/c1-19-25(33-20(2)28-19)27(32)30(18-21-12-6-3-7-13-21)24(22-14-8-4-9-15-22)26(31)29-23-16-10-5-11-17-23/h3-4,6-9,12-15,23-24H,5,10-11,16-18H2,1-2H3,(H,29,31). The molecule has 1 unspecified atom stereocenters. The second-order valence-corrected chi connectivity index (χ2v) is 9.93. The summed E-state index contributed by atoms with van der Waals surface area (Å²) in [5.41, 5.74) is 2.50. The highest BCUT2D eigenvalue weighted by atomic mass is 32.1. The van der Waals surface area contributed by atoms with E-state index in [1.165, 1.54) is 17.8 Å². The Kier molecular flexibility index (Phi) is 7.55. The lowest BCUT2D eigenvalue weighted by molar-refractivity contribution is -0.127. The third-order valence-corrected chi connectivity index (χ3v) is 7.24. The first-order valence-corrected chi connectivity index (χ1v) is 12.5. The molecule has 4 rings (SSSR count). The van der Waals surface area contributed by atoms with Crippen molar-refractivity contribution in [2.24, 2.45) is 0 Å². The predicted octanol–water partition coefficient (Wildman–Crippen LogP) is 5.59. The van der Waals surface area contributed by atoms with E-state index in [0.29, 0.717) is 17.1 Å². The molecule has 2 amide bonds. The summed E-state index contributed by atoms with van der Waals surface area (Å²) in [7, 11) is 0. The monoisotopic (exact) mass is 461 g/mol. The molecule has 172 valence electrons. The van der Waals surface area contributed by atoms with Crippen LogP contribution in [0.3, 0.4) is 0 Å². The maximum absolute atomic E-state index is 13.9. The molecule has 1 aliphatic rings. The maximum atomic E-state index is 13.9. The number of hydrogen-bond donors (Lipinski definition) is 1. The topological polar surface area (TPSA) is 62.3 Å². The summed E-state index contributed by atoms with van der Waals surface area (Å²) >= 11 is 1.39. The van der Waals surface area contributed by atoms with Gasteiger partial charge in [0.2, 0.25) is 5.91 Å². The van der Waals surface area contributed by atoms with Crippen LogP contribution in [-0.2, 0) is 11.3 Å². The normalized spacial score (nSPS) is 15.1. The number of aryl methyl sites for hydroxylation is 2. The fraction of sp³-hybridized carbons (Fsp3) is 0.370. The minimum atomic E-state index is -0.720. The summed E-state index contributed by atoms with van der Waals surface area (Å²) < 4.78 is 0. The number of carbonyl (C=O) groups is 2. The maximum Gasteiger partial charge on any atom is 0.267 e. The van der Waals surface area contributed by atoms with Crippen molar-refractivity contribution in [3.05, 3.63) is 87.4 Å². The van der Waals surface area contributed by atoms with E-state index in [-0.39, 0.29) is 17.9 Å². The van der Waals surface area contributed by atoms with Crippen LogP contribution in [0.4, 0.5) is 0 Å². The second-order valence-electron chi connectivity index (χ2n) is 8.72. The van der Waals surface area contributed by atoms with E-state index in [4.69, 9.17) is 0 Å². The van der Waals surface area contributed by atoms with Crippen molar-refractivity contribution in [2.45, 2.75) is 64.6 Å². The number of nitrogens with one attached hydrogen (secondary N) is 1. The minimum Gasteiger partial charge on any atom is -0.351 e. The quantitative estimate of drug-likeness (QED) is 0.499. The van der Waals surface area contributed by atoms with Crippen LogP contribution in [0.5, 0.6) is 0 Å². The van der Waals surface area contributed by atoms with Gasteiger partial charge in [0.25, 0.3) is 5.91 Å². The van der Waals surface area contributed by atoms with Gasteiger partial charge < -0.3 is 10.2 Å². The summed E-state index contributed by atoms with van der Waals surface area (Å²) in [5, 5.41) is 4.11. The first-order chi connectivity index (χ1) is 16.0. The molecule has 1 atom stereocenters. The first-order valence-electron chi connectivity index (χ1n) is 11.7. The van der Waals surface area contributed by atoms with Gasteiger partial charge in [-0.1, -0.05) is 79.9 Å². The highest BCUT2D eigenvalue weighted by molar-refractivity contribution is 7.13. The molecule has 5 nitrogen and oxygen atoms in total. The van der Waals surface area contributed by atoms with Crippen LogP contribution in [-0.4, -0.2) is 27.7 Å². The molecule has 6 heteroatoms. The van der Waals surface area contributed by atoms with Crippen LogP contribution in [0.25, 0.3) is 0 Å². The number of carbonyl (C=O) groups excluding carboxylic acids is 2. The molecule has 3 aromatic rings. The van der Waals surface area contributed by atoms with Crippen LogP contribution in [0, 0.1) is 13.8 Å². The molecule has 1 heterocycles. The average Bonchev–Trinajstić information content (AvgIpc) is 3.18. The summed E-state index contributed by atoms with van der Waals surface area (Å²) in [6.07, 6.45) is 5.47. The van der Waals surface area contributed by atoms with E-state index in [0.717, 1.165) is 41.8 Å². The average molecular weight is 462 g/mol. The third-order valence-electron chi connectivity index (χ3n) is 6.18. The van der Waals surface area contributed by atoms with E-state index in [2.05, 4.69) is 10.3 Å². The summed E-state index contributed by atoms with van der Waals surface area (Å²) in [4.78, 5) is 34.4. The van der Waals surface area contributed by atoms with Crippen molar-refractivity contribution in [1.82, 2.24) is 15.2 Å². The third kappa shape index (κ3) is 5.69. The molecule has 0 saturated heterocycles. The fourth-order valence-electron chi connectivity index (χ4n) is 4.56. The van der Waals surface area contributed by atoms with Crippen LogP contribution in [0.15, 0.2) is 60.7 Å². The minimum absolute atomic E-state index is 0.115. The van der Waals surface area contributed by atoms with Gasteiger partial charge in [-0.2, -0.15) is 0 Å². The number of rotatable bonds is 7. The summed E-state index contributed by atoms with van der Waals surface area (Å²) in [6, 6.07) is 18.9. The molecular weight excluding hydrogens is 430 g/mol. The molecule has 1 aromatic heterocycles.